The Balaban J connectivity index is 1.17. The predicted molar refractivity (Wildman–Crippen MR) is 282 cm³/mol. The number of likely N-dealkylation sites (tertiary alicyclic amines) is 1. The third-order valence-corrected chi connectivity index (χ3v) is 14.7. The van der Waals surface area contributed by atoms with Gasteiger partial charge in [-0.05, 0) is 118 Å². The molecule has 1 saturated carbocycles. The van der Waals surface area contributed by atoms with Gasteiger partial charge in [0.05, 0.1) is 23.7 Å². The highest BCUT2D eigenvalue weighted by atomic mass is 19.1. The number of rotatable bonds is 13. The van der Waals surface area contributed by atoms with E-state index in [-0.39, 0.29) is 36.7 Å². The maximum absolute atomic E-state index is 17.2. The molecule has 1 aliphatic carbocycles. The van der Waals surface area contributed by atoms with Gasteiger partial charge >= 0.3 is 12.1 Å². The number of ether oxygens (including phenoxy) is 3. The lowest BCUT2D eigenvalue weighted by molar-refractivity contribution is 0.0214. The standard InChI is InChI=1S/C61H59FN6O5/c1-8-40-24-26-41(27-25-40)36-71-56-54(53-37(2)51(62)32-52-50(53)35-68(65-52)61(43-18-12-9-13-19-43,44-20-14-10-15-21-44)45-22-16-11-17-23-45)48(42-28-29-42)31-49-55(56)63-58(72-39(4)38(3)69)64-57(49)66-33-47-30-46(66)34-67(47)59(70)73-60(5,6)7/h1,9-27,31-32,35,38-39,42,46-47,69H,28-30,33-34,36H2,2-7H3/t38-,39-,46-,47-/m0/s1. The number of hydrogen-bond donors (Lipinski definition) is 1. The van der Waals surface area contributed by atoms with E-state index in [2.05, 4.69) is 59.5 Å². The van der Waals surface area contributed by atoms with Gasteiger partial charge in [-0.1, -0.05) is 109 Å². The molecule has 6 aromatic carbocycles. The second-order valence-electron chi connectivity index (χ2n) is 20.9. The van der Waals surface area contributed by atoms with E-state index in [0.29, 0.717) is 46.8 Å². The average Bonchev–Trinajstić information content (AvgIpc) is 3.83. The van der Waals surface area contributed by atoms with Gasteiger partial charge < -0.3 is 29.1 Å². The van der Waals surface area contributed by atoms with Crippen LogP contribution >= 0.6 is 0 Å². The second-order valence-corrected chi connectivity index (χ2v) is 20.9. The SMILES string of the molecule is C#Cc1ccc(COc2c(-c3c(C)c(F)cc4nn(C(c5ccccc5)(c5ccccc5)c5ccccc5)cc34)c(C3CC3)cc3c(N4C[C@@H]5C[C@H]4CN5C(=O)OC(C)(C)C)nc(O[C@@H](C)[C@H](C)O)nc23)cc1. The molecule has 0 spiro atoms. The first-order valence-electron chi connectivity index (χ1n) is 25.3. The Morgan fingerprint density at radius 1 is 0.836 bits per heavy atom. The van der Waals surface area contributed by atoms with Crippen LogP contribution in [0, 0.1) is 25.1 Å². The third-order valence-electron chi connectivity index (χ3n) is 14.7. The smallest absolute Gasteiger partial charge is 0.410 e. The minimum absolute atomic E-state index is 0.0586. The fourth-order valence-corrected chi connectivity index (χ4v) is 10.9. The molecule has 3 fully saturated rings. The largest absolute Gasteiger partial charge is 0.486 e. The average molecular weight is 975 g/mol. The van der Waals surface area contributed by atoms with Gasteiger partial charge in [-0.2, -0.15) is 15.1 Å². The number of aliphatic hydroxyl groups excluding tert-OH is 1. The molecule has 2 saturated heterocycles. The Bertz CT molecular complexity index is 3310. The molecule has 2 aromatic heterocycles. The number of piperazine rings is 1. The van der Waals surface area contributed by atoms with Crippen molar-refractivity contribution in [1.29, 1.82) is 0 Å². The summed E-state index contributed by atoms with van der Waals surface area (Å²) >= 11 is 0. The summed E-state index contributed by atoms with van der Waals surface area (Å²) in [6.07, 6.45) is 8.58. The quantitative estimate of drug-likeness (QED) is 0.0891. The lowest BCUT2D eigenvalue weighted by Crippen LogP contribution is -2.50. The molecule has 3 aliphatic rings. The zero-order valence-electron chi connectivity index (χ0n) is 42.0. The molecule has 0 radical (unpaired) electrons. The van der Waals surface area contributed by atoms with E-state index in [1.165, 1.54) is 6.07 Å². The number of halogens is 1. The van der Waals surface area contributed by atoms with Crippen LogP contribution in [0.15, 0.2) is 134 Å². The number of carbonyl (C=O) groups excluding carboxylic acids is 1. The molecule has 4 atom stereocenters. The Labute approximate surface area is 425 Å². The summed E-state index contributed by atoms with van der Waals surface area (Å²) in [5.74, 6) is 3.51. The molecule has 2 bridgehead atoms. The van der Waals surface area contributed by atoms with Gasteiger partial charge in [0.1, 0.15) is 41.0 Å². The fraction of sp³-hybridized carbons (Fsp3) is 0.311. The Morgan fingerprint density at radius 3 is 2.01 bits per heavy atom. The Kier molecular flexibility index (Phi) is 12.2. The summed E-state index contributed by atoms with van der Waals surface area (Å²) in [6.45, 7) is 12.0. The summed E-state index contributed by atoms with van der Waals surface area (Å²) in [6, 6.07) is 42.2. The van der Waals surface area contributed by atoms with Gasteiger partial charge in [-0.15, -0.1) is 6.42 Å². The monoisotopic (exact) mass is 974 g/mol. The molecule has 12 heteroatoms. The van der Waals surface area contributed by atoms with E-state index in [1.54, 1.807) is 13.8 Å². The van der Waals surface area contributed by atoms with Crippen molar-refractivity contribution in [2.75, 3.05) is 18.0 Å². The first kappa shape index (κ1) is 47.6. The number of carbonyl (C=O) groups is 1. The minimum atomic E-state index is -0.972. The van der Waals surface area contributed by atoms with E-state index >= 15 is 4.39 Å². The van der Waals surface area contributed by atoms with Crippen molar-refractivity contribution in [2.45, 2.75) is 109 Å². The van der Waals surface area contributed by atoms with Crippen molar-refractivity contribution in [3.05, 3.63) is 178 Å². The number of benzene rings is 6. The number of hydrogen-bond acceptors (Lipinski definition) is 9. The molecule has 1 N–H and O–H groups in total. The molecular weight excluding hydrogens is 916 g/mol. The lowest BCUT2D eigenvalue weighted by Gasteiger charge is -2.36. The van der Waals surface area contributed by atoms with Gasteiger partial charge in [0, 0.05) is 52.8 Å². The van der Waals surface area contributed by atoms with E-state index in [9.17, 15) is 9.90 Å². The van der Waals surface area contributed by atoms with Crippen molar-refractivity contribution in [2.24, 2.45) is 0 Å². The van der Waals surface area contributed by atoms with Gasteiger partial charge in [0.25, 0.3) is 0 Å². The minimum Gasteiger partial charge on any atom is -0.486 e. The van der Waals surface area contributed by atoms with E-state index in [4.69, 9.17) is 35.7 Å². The van der Waals surface area contributed by atoms with Crippen molar-refractivity contribution in [3.8, 4) is 35.2 Å². The van der Waals surface area contributed by atoms with Crippen LogP contribution in [0.25, 0.3) is 32.9 Å². The Morgan fingerprint density at radius 2 is 1.47 bits per heavy atom. The third kappa shape index (κ3) is 8.69. The summed E-state index contributed by atoms with van der Waals surface area (Å²) in [5.41, 5.74) is 6.71. The highest BCUT2D eigenvalue weighted by Crippen LogP contribution is 2.54. The normalized spacial score (nSPS) is 17.5. The molecule has 4 heterocycles. The van der Waals surface area contributed by atoms with Crippen molar-refractivity contribution in [3.63, 3.8) is 0 Å². The zero-order valence-corrected chi connectivity index (χ0v) is 42.0. The van der Waals surface area contributed by atoms with E-state index < -0.39 is 29.2 Å². The zero-order chi connectivity index (χ0) is 50.8. The van der Waals surface area contributed by atoms with Crippen molar-refractivity contribution < 1.29 is 28.5 Å². The first-order chi connectivity index (χ1) is 35.2. The number of terminal acetylenes is 1. The van der Waals surface area contributed by atoms with Gasteiger partial charge in [-0.25, -0.2) is 9.18 Å². The summed E-state index contributed by atoms with van der Waals surface area (Å²) in [5, 5.41) is 17.6. The van der Waals surface area contributed by atoms with Crippen LogP contribution in [-0.2, 0) is 16.9 Å². The number of anilines is 1. The Hall–Kier alpha value is -7.75. The van der Waals surface area contributed by atoms with E-state index in [0.717, 1.165) is 69.0 Å². The molecule has 370 valence electrons. The highest BCUT2D eigenvalue weighted by Gasteiger charge is 2.48. The van der Waals surface area contributed by atoms with Crippen LogP contribution in [0.2, 0.25) is 0 Å². The predicted octanol–water partition coefficient (Wildman–Crippen LogP) is 11.7. The second kappa shape index (κ2) is 18.7. The highest BCUT2D eigenvalue weighted by molar-refractivity contribution is 6.06. The summed E-state index contributed by atoms with van der Waals surface area (Å²) in [4.78, 5) is 27.9. The van der Waals surface area contributed by atoms with Gasteiger partial charge in [-0.3, -0.25) is 4.68 Å². The number of aliphatic hydroxyl groups is 1. The molecule has 11 nitrogen and oxygen atoms in total. The first-order valence-corrected chi connectivity index (χ1v) is 25.3. The molecule has 1 amide bonds. The topological polar surface area (TPSA) is 115 Å². The maximum Gasteiger partial charge on any atom is 0.410 e. The van der Waals surface area contributed by atoms with Crippen molar-refractivity contribution in [1.82, 2.24) is 24.6 Å². The summed E-state index contributed by atoms with van der Waals surface area (Å²) < 4.78 is 38.6. The number of amides is 1. The number of fused-ring (bicyclic) bond motifs is 4. The van der Waals surface area contributed by atoms with Gasteiger partial charge in [0.15, 0.2) is 5.75 Å². The molecule has 2 aliphatic heterocycles. The molecule has 73 heavy (non-hydrogen) atoms. The molecule has 8 aromatic rings. The number of nitrogens with zero attached hydrogens (tertiary/aromatic N) is 6. The summed E-state index contributed by atoms with van der Waals surface area (Å²) in [7, 11) is 0. The van der Waals surface area contributed by atoms with E-state index in [1.807, 2.05) is 116 Å². The van der Waals surface area contributed by atoms with Gasteiger partial charge in [0.2, 0.25) is 0 Å². The molecule has 11 rings (SSSR count). The fourth-order valence-electron chi connectivity index (χ4n) is 10.9. The van der Waals surface area contributed by atoms with Crippen LogP contribution in [0.1, 0.15) is 98.7 Å². The van der Waals surface area contributed by atoms with Crippen molar-refractivity contribution >= 4 is 33.7 Å². The lowest BCUT2D eigenvalue weighted by atomic mass is 9.77. The van der Waals surface area contributed by atoms with Crippen LogP contribution in [0.4, 0.5) is 15.0 Å². The maximum atomic E-state index is 17.2. The molecule has 0 unspecified atom stereocenters. The van der Waals surface area contributed by atoms with Crippen LogP contribution < -0.4 is 14.4 Å². The van der Waals surface area contributed by atoms with Crippen LogP contribution in [-0.4, -0.2) is 78.8 Å². The number of aromatic nitrogens is 4. The van der Waals surface area contributed by atoms with Crippen LogP contribution in [0.3, 0.4) is 0 Å². The van der Waals surface area contributed by atoms with Crippen LogP contribution in [0.5, 0.6) is 11.8 Å². The molecular formula is C61H59FN6O5.